The Kier molecular flexibility index (Phi) is 6.89. The lowest BCUT2D eigenvalue weighted by Crippen LogP contribution is -2.59. The molecular formula is C21H30FN5O5S. The van der Waals surface area contributed by atoms with E-state index in [1.807, 2.05) is 6.92 Å². The summed E-state index contributed by atoms with van der Waals surface area (Å²) in [6, 6.07) is 3.53. The predicted octanol–water partition coefficient (Wildman–Crippen LogP) is 0.954. The van der Waals surface area contributed by atoms with E-state index < -0.39 is 34.5 Å². The quantitative estimate of drug-likeness (QED) is 0.534. The Morgan fingerprint density at radius 1 is 1.30 bits per heavy atom. The van der Waals surface area contributed by atoms with Crippen LogP contribution in [0.15, 0.2) is 18.2 Å². The van der Waals surface area contributed by atoms with Gasteiger partial charge in [0, 0.05) is 43.2 Å². The summed E-state index contributed by atoms with van der Waals surface area (Å²) in [5.41, 5.74) is 6.67. The van der Waals surface area contributed by atoms with Crippen LogP contribution in [0.5, 0.6) is 5.75 Å². The largest absolute Gasteiger partial charge is 0.482 e. The van der Waals surface area contributed by atoms with Gasteiger partial charge in [-0.05, 0) is 43.9 Å². The number of fused-ring (bicyclic) bond motifs is 1. The molecule has 3 atom stereocenters. The number of carbonyl (C=O) groups excluding carboxylic acids is 2. The van der Waals surface area contributed by atoms with Gasteiger partial charge in [-0.3, -0.25) is 9.59 Å². The number of nitrogens with one attached hydrogen (secondary N) is 2. The Bertz CT molecular complexity index is 1010. The molecule has 2 fully saturated rings. The van der Waals surface area contributed by atoms with Gasteiger partial charge in [0.15, 0.2) is 12.9 Å². The summed E-state index contributed by atoms with van der Waals surface area (Å²) in [6.45, 7) is 2.25. The van der Waals surface area contributed by atoms with Crippen LogP contribution in [-0.4, -0.2) is 73.0 Å². The number of amides is 2. The molecule has 4 N–H and O–H groups in total. The first kappa shape index (κ1) is 23.9. The summed E-state index contributed by atoms with van der Waals surface area (Å²) in [6.07, 6.45) is -0.0386. The second-order valence-corrected chi connectivity index (χ2v) is 10.6. The minimum atomic E-state index is -3.97. The molecule has 1 aromatic rings. The van der Waals surface area contributed by atoms with E-state index in [9.17, 15) is 18.0 Å². The van der Waals surface area contributed by atoms with Crippen LogP contribution in [0.4, 0.5) is 10.1 Å². The summed E-state index contributed by atoms with van der Waals surface area (Å²) in [7, 11) is -3.97. The number of halogens is 1. The molecule has 3 aliphatic rings. The average Bonchev–Trinajstić information content (AvgIpc) is 2.78. The first-order valence-corrected chi connectivity index (χ1v) is 12.6. The van der Waals surface area contributed by atoms with Crippen molar-refractivity contribution >= 4 is 27.7 Å². The van der Waals surface area contributed by atoms with Crippen LogP contribution in [0.2, 0.25) is 0 Å². The normalized spacial score (nSPS) is 27.4. The second kappa shape index (κ2) is 9.53. The summed E-state index contributed by atoms with van der Waals surface area (Å²) in [5.74, 6) is -0.292. The second-order valence-electron chi connectivity index (χ2n) is 8.76. The predicted molar refractivity (Wildman–Crippen MR) is 120 cm³/mol. The Hall–Kier alpha value is -2.28. The Morgan fingerprint density at radius 3 is 2.73 bits per heavy atom. The maximum Gasteiger partial charge on any atom is 0.284 e. The molecule has 0 unspecified atom stereocenters. The molecule has 33 heavy (non-hydrogen) atoms. The zero-order valence-electron chi connectivity index (χ0n) is 18.5. The number of nitrogens with two attached hydrogens (primary N) is 1. The van der Waals surface area contributed by atoms with Crippen molar-refractivity contribution in [2.75, 3.05) is 25.0 Å². The smallest absolute Gasteiger partial charge is 0.284 e. The Balaban J connectivity index is 1.43. The average molecular weight is 484 g/mol. The Labute approximate surface area is 192 Å². The molecule has 0 radical (unpaired) electrons. The number of nitrogens with zero attached hydrogens (tertiary/aromatic N) is 2. The van der Waals surface area contributed by atoms with Gasteiger partial charge in [0.1, 0.15) is 5.75 Å². The Morgan fingerprint density at radius 2 is 2.03 bits per heavy atom. The van der Waals surface area contributed by atoms with Crippen LogP contribution in [0, 0.1) is 0 Å². The molecular weight excluding hydrogens is 453 g/mol. The third kappa shape index (κ3) is 4.98. The van der Waals surface area contributed by atoms with Crippen molar-refractivity contribution in [3.63, 3.8) is 0 Å². The van der Waals surface area contributed by atoms with Crippen LogP contribution >= 0.6 is 0 Å². The van der Waals surface area contributed by atoms with Gasteiger partial charge in [-0.15, -0.1) is 0 Å². The molecule has 182 valence electrons. The fraction of sp³-hybridized carbons (Fsp3) is 0.619. The van der Waals surface area contributed by atoms with E-state index in [1.165, 1.54) is 10.4 Å². The highest BCUT2D eigenvalue weighted by atomic mass is 32.2. The SMILES string of the molecule is CC[C@H]1C[C@@H](NC(=O)c2ccc3c(c2)OCC(=O)N3)C[C@@H](F)N1S(=O)(=O)N1CCC(N)CC1. The number of hydrogen-bond donors (Lipinski definition) is 3. The van der Waals surface area contributed by atoms with Gasteiger partial charge < -0.3 is 21.1 Å². The molecule has 12 heteroatoms. The number of ether oxygens (including phenoxy) is 1. The van der Waals surface area contributed by atoms with Crippen LogP contribution in [0.1, 0.15) is 49.4 Å². The molecule has 0 aliphatic carbocycles. The van der Waals surface area contributed by atoms with E-state index in [1.54, 1.807) is 12.1 Å². The molecule has 0 aromatic heterocycles. The standard InChI is InChI=1S/C21H30FN5O5S/c1-2-16-10-15(11-19(22)27(16)33(30,31)26-7-5-14(23)6-8-26)24-21(29)13-3-4-17-18(9-13)32-12-20(28)25-17/h3-4,9,14-16,19H,2,5-8,10-12,23H2,1H3,(H,24,29)(H,25,28)/t15-,16+,19+/m1/s1. The minimum Gasteiger partial charge on any atom is -0.482 e. The van der Waals surface area contributed by atoms with Gasteiger partial charge in [-0.25, -0.2) is 4.39 Å². The minimum absolute atomic E-state index is 0.0363. The van der Waals surface area contributed by atoms with Crippen molar-refractivity contribution < 1.29 is 27.1 Å². The first-order valence-electron chi connectivity index (χ1n) is 11.2. The summed E-state index contributed by atoms with van der Waals surface area (Å²) < 4.78 is 49.3. The lowest BCUT2D eigenvalue weighted by atomic mass is 9.96. The molecule has 3 heterocycles. The van der Waals surface area contributed by atoms with Crippen LogP contribution in [0.25, 0.3) is 0 Å². The maximum absolute atomic E-state index is 15.3. The molecule has 0 saturated carbocycles. The van der Waals surface area contributed by atoms with E-state index >= 15 is 4.39 Å². The van der Waals surface area contributed by atoms with Gasteiger partial charge in [-0.1, -0.05) is 6.92 Å². The molecule has 1 aromatic carbocycles. The number of piperidine rings is 2. The number of hydrogen-bond acceptors (Lipinski definition) is 6. The van der Waals surface area contributed by atoms with Crippen LogP contribution < -0.4 is 21.1 Å². The number of carbonyl (C=O) groups is 2. The molecule has 10 nitrogen and oxygen atoms in total. The number of alkyl halides is 1. The summed E-state index contributed by atoms with van der Waals surface area (Å²) in [4.78, 5) is 24.2. The van der Waals surface area contributed by atoms with Gasteiger partial charge in [0.25, 0.3) is 22.0 Å². The van der Waals surface area contributed by atoms with Gasteiger partial charge in [-0.2, -0.15) is 17.0 Å². The molecule has 4 rings (SSSR count). The van der Waals surface area contributed by atoms with Gasteiger partial charge in [0.05, 0.1) is 5.69 Å². The zero-order chi connectivity index (χ0) is 23.8. The third-order valence-corrected chi connectivity index (χ3v) is 8.52. The number of anilines is 1. The van der Waals surface area contributed by atoms with Crippen molar-refractivity contribution in [1.29, 1.82) is 0 Å². The maximum atomic E-state index is 15.3. The fourth-order valence-electron chi connectivity index (χ4n) is 4.62. The highest BCUT2D eigenvalue weighted by Crippen LogP contribution is 2.32. The lowest BCUT2D eigenvalue weighted by molar-refractivity contribution is -0.118. The molecule has 2 amide bonds. The molecule has 0 spiro atoms. The van der Waals surface area contributed by atoms with E-state index in [0.29, 0.717) is 42.7 Å². The van der Waals surface area contributed by atoms with Gasteiger partial charge >= 0.3 is 0 Å². The number of benzene rings is 1. The van der Waals surface area contributed by atoms with Crippen molar-refractivity contribution in [2.24, 2.45) is 5.73 Å². The number of rotatable bonds is 5. The highest BCUT2D eigenvalue weighted by molar-refractivity contribution is 7.86. The summed E-state index contributed by atoms with van der Waals surface area (Å²) >= 11 is 0. The van der Waals surface area contributed by atoms with Crippen LogP contribution in [0.3, 0.4) is 0 Å². The first-order chi connectivity index (χ1) is 15.7. The van der Waals surface area contributed by atoms with E-state index in [0.717, 1.165) is 4.31 Å². The highest BCUT2D eigenvalue weighted by Gasteiger charge is 2.45. The third-order valence-electron chi connectivity index (χ3n) is 6.45. The van der Waals surface area contributed by atoms with Gasteiger partial charge in [0.2, 0.25) is 0 Å². The molecule has 0 bridgehead atoms. The zero-order valence-corrected chi connectivity index (χ0v) is 19.3. The van der Waals surface area contributed by atoms with E-state index in [-0.39, 0.29) is 38.1 Å². The lowest BCUT2D eigenvalue weighted by Gasteiger charge is -2.43. The van der Waals surface area contributed by atoms with Crippen molar-refractivity contribution in [1.82, 2.24) is 13.9 Å². The van der Waals surface area contributed by atoms with Crippen molar-refractivity contribution in [3.8, 4) is 5.75 Å². The van der Waals surface area contributed by atoms with Crippen molar-refractivity contribution in [3.05, 3.63) is 23.8 Å². The molecule has 2 saturated heterocycles. The topological polar surface area (TPSA) is 134 Å². The van der Waals surface area contributed by atoms with E-state index in [4.69, 9.17) is 10.5 Å². The summed E-state index contributed by atoms with van der Waals surface area (Å²) in [5, 5.41) is 5.49. The monoisotopic (exact) mass is 483 g/mol. The van der Waals surface area contributed by atoms with E-state index in [2.05, 4.69) is 10.6 Å². The molecule has 3 aliphatic heterocycles. The van der Waals surface area contributed by atoms with Crippen LogP contribution in [-0.2, 0) is 15.0 Å². The fourth-order valence-corrected chi connectivity index (χ4v) is 6.54. The van der Waals surface area contributed by atoms with Crippen molar-refractivity contribution in [2.45, 2.75) is 63.4 Å².